The van der Waals surface area contributed by atoms with Crippen molar-refractivity contribution in [3.05, 3.63) is 315 Å². The van der Waals surface area contributed by atoms with E-state index in [9.17, 15) is 0 Å². The molecule has 0 unspecified atom stereocenters. The highest BCUT2D eigenvalue weighted by Gasteiger charge is 1.92. The third-order valence-electron chi connectivity index (χ3n) is 8.86. The molecule has 0 saturated heterocycles. The van der Waals surface area contributed by atoms with Crippen LogP contribution in [0.4, 0.5) is 0 Å². The van der Waals surface area contributed by atoms with Crippen LogP contribution in [-0.2, 0) is 0 Å². The van der Waals surface area contributed by atoms with Crippen LogP contribution >= 0.6 is 0 Å². The molecule has 0 aliphatic rings. The first-order chi connectivity index (χ1) is 33.9. The van der Waals surface area contributed by atoms with Crippen LogP contribution in [0.25, 0.3) is 43.4 Å². The molecule has 0 aliphatic carbocycles. The van der Waals surface area contributed by atoms with Crippen LogP contribution in [0.15, 0.2) is 315 Å². The van der Waals surface area contributed by atoms with Crippen LogP contribution in [0.2, 0.25) is 0 Å². The van der Waals surface area contributed by atoms with Crippen LogP contribution in [0.3, 0.4) is 0 Å². The zero-order valence-corrected chi connectivity index (χ0v) is 39.8. The minimum absolute atomic E-state index is 1.00. The van der Waals surface area contributed by atoms with E-state index in [0.717, 1.165) is 28.4 Å². The second-order valence-electron chi connectivity index (χ2n) is 13.2. The Hall–Kier alpha value is -7.96. The summed E-state index contributed by atoms with van der Waals surface area (Å²) >= 11 is 0. The van der Waals surface area contributed by atoms with E-state index in [1.165, 1.54) is 43.4 Å². The Morgan fingerprint density at radius 2 is 0.221 bits per heavy atom. The molecule has 0 radical (unpaired) electrons. The minimum atomic E-state index is 1.00. The van der Waals surface area contributed by atoms with E-state index < -0.39 is 0 Å². The monoisotopic (exact) mass is 901 g/mol. The summed E-state index contributed by atoms with van der Waals surface area (Å²) in [7, 11) is 4.00. The van der Waals surface area contributed by atoms with Crippen molar-refractivity contribution in [1.29, 1.82) is 0 Å². The third kappa shape index (κ3) is 26.7. The molecule has 11 rings (SSSR count). The van der Waals surface area contributed by atoms with E-state index >= 15 is 0 Å². The van der Waals surface area contributed by atoms with Gasteiger partial charge in [-0.05, 0) is 43.4 Å². The Bertz CT molecular complexity index is 2140. The first-order valence-corrected chi connectivity index (χ1v) is 22.1. The van der Waals surface area contributed by atoms with E-state index in [0.29, 0.717) is 0 Å². The van der Waals surface area contributed by atoms with Crippen molar-refractivity contribution >= 4 is 32.3 Å². The van der Waals surface area contributed by atoms with Crippen molar-refractivity contribution in [1.82, 2.24) is 0 Å². The van der Waals surface area contributed by atoms with Crippen LogP contribution in [0, 0.1) is 0 Å². The summed E-state index contributed by atoms with van der Waals surface area (Å²) in [5.41, 5.74) is 2.55. The average Bonchev–Trinajstić information content (AvgIpc) is 3.48. The van der Waals surface area contributed by atoms with Gasteiger partial charge in [0.2, 0.25) is 0 Å². The number of rotatable bonds is 1. The Kier molecular flexibility index (Phi) is 36.7. The molecule has 11 aromatic carbocycles. The summed E-state index contributed by atoms with van der Waals surface area (Å²) in [5, 5.41) is 35.9. The molecule has 0 spiro atoms. The second-order valence-corrected chi connectivity index (χ2v) is 13.2. The Labute approximate surface area is 406 Å². The fourth-order valence-corrected chi connectivity index (χ4v) is 5.81. The van der Waals surface area contributed by atoms with Gasteiger partial charge < -0.3 is 20.4 Å². The molecule has 0 bridgehead atoms. The molecule has 4 heteroatoms. The molecule has 68 heavy (non-hydrogen) atoms. The van der Waals surface area contributed by atoms with Crippen molar-refractivity contribution in [2.45, 2.75) is 0 Å². The number of aliphatic hydroxyl groups is 4. The fraction of sp³-hybridized carbons (Fsp3) is 0.0625. The smallest absolute Gasteiger partial charge is 0.0319 e. The van der Waals surface area contributed by atoms with Crippen molar-refractivity contribution in [2.75, 3.05) is 28.4 Å². The summed E-state index contributed by atoms with van der Waals surface area (Å²) in [6.45, 7) is 0. The van der Waals surface area contributed by atoms with Gasteiger partial charge in [0.1, 0.15) is 0 Å². The Balaban J connectivity index is 0.000000392. The van der Waals surface area contributed by atoms with Crippen LogP contribution in [0.5, 0.6) is 0 Å². The van der Waals surface area contributed by atoms with E-state index in [1.807, 2.05) is 121 Å². The Morgan fingerprint density at radius 3 is 0.338 bits per heavy atom. The summed E-state index contributed by atoms with van der Waals surface area (Å²) in [5.74, 6) is 0. The van der Waals surface area contributed by atoms with E-state index in [2.05, 4.69) is 194 Å². The highest BCUT2D eigenvalue weighted by molar-refractivity contribution is 5.83. The number of benzene rings is 11. The van der Waals surface area contributed by atoms with Crippen LogP contribution in [-0.4, -0.2) is 48.9 Å². The summed E-state index contributed by atoms with van der Waals surface area (Å²) < 4.78 is 0. The normalized spacial score (nSPS) is 8.59. The van der Waals surface area contributed by atoms with Gasteiger partial charge in [-0.15, -0.1) is 0 Å². The van der Waals surface area contributed by atoms with Gasteiger partial charge in [-0.3, -0.25) is 0 Å². The molecular formula is C64H68O4. The van der Waals surface area contributed by atoms with Crippen LogP contribution in [0.1, 0.15) is 0 Å². The topological polar surface area (TPSA) is 80.9 Å². The van der Waals surface area contributed by atoms with Gasteiger partial charge in [-0.2, -0.15) is 0 Å². The van der Waals surface area contributed by atoms with Gasteiger partial charge in [0, 0.05) is 28.4 Å². The quantitative estimate of drug-likeness (QED) is 0.132. The summed E-state index contributed by atoms with van der Waals surface area (Å²) in [4.78, 5) is 0. The molecule has 4 nitrogen and oxygen atoms in total. The number of fused-ring (bicyclic) bond motifs is 3. The zero-order chi connectivity index (χ0) is 49.4. The highest BCUT2D eigenvalue weighted by Crippen LogP contribution is 2.17. The van der Waals surface area contributed by atoms with Crippen molar-refractivity contribution in [3.8, 4) is 11.1 Å². The molecule has 4 N–H and O–H groups in total. The van der Waals surface area contributed by atoms with Gasteiger partial charge >= 0.3 is 0 Å². The number of hydrogen-bond donors (Lipinski definition) is 4. The molecule has 0 aliphatic heterocycles. The molecule has 348 valence electrons. The largest absolute Gasteiger partial charge is 0.400 e. The first kappa shape index (κ1) is 58.1. The maximum absolute atomic E-state index is 7.00. The lowest BCUT2D eigenvalue weighted by atomic mass is 10.1. The molecule has 11 aromatic rings. The summed E-state index contributed by atoms with van der Waals surface area (Å²) in [6.07, 6.45) is 0. The van der Waals surface area contributed by atoms with Crippen molar-refractivity contribution < 1.29 is 20.4 Å². The maximum Gasteiger partial charge on any atom is 0.0319 e. The zero-order valence-electron chi connectivity index (χ0n) is 39.8. The maximum atomic E-state index is 7.00. The Morgan fingerprint density at radius 1 is 0.132 bits per heavy atom. The standard InChI is InChI=1S/C12H10.3C10H8.3C6H6.4CH4O/c1-3-7-11(8-4-1)12-9-5-2-6-10-12;3*1-2-6-10-8-4-3-7-9(10)5-1;3*1-2-4-6-5-3-1;4*1-2/h1-10H;3*1-8H;3*1-6H;4*2H,1H3. The lowest BCUT2D eigenvalue weighted by molar-refractivity contribution is 0.399. The first-order valence-electron chi connectivity index (χ1n) is 22.1. The second kappa shape index (κ2) is 43.0. The predicted molar refractivity (Wildman–Crippen MR) is 296 cm³/mol. The lowest BCUT2D eigenvalue weighted by Gasteiger charge is -1.98. The van der Waals surface area contributed by atoms with Crippen molar-refractivity contribution in [2.24, 2.45) is 0 Å². The summed E-state index contributed by atoms with van der Waals surface area (Å²) in [6, 6.07) is 107. The third-order valence-corrected chi connectivity index (χ3v) is 8.86. The van der Waals surface area contributed by atoms with E-state index in [-0.39, 0.29) is 0 Å². The van der Waals surface area contributed by atoms with Gasteiger partial charge in [0.15, 0.2) is 0 Å². The molecule has 0 saturated carbocycles. The predicted octanol–water partition coefficient (Wildman–Crippen LogP) is 15.4. The molecule has 0 fully saturated rings. The van der Waals surface area contributed by atoms with Gasteiger partial charge in [-0.1, -0.05) is 315 Å². The lowest BCUT2D eigenvalue weighted by Crippen LogP contribution is -1.73. The minimum Gasteiger partial charge on any atom is -0.400 e. The molecule has 0 amide bonds. The number of aliphatic hydroxyl groups excluding tert-OH is 4. The van der Waals surface area contributed by atoms with Crippen LogP contribution < -0.4 is 0 Å². The molecule has 0 aromatic heterocycles. The molecule has 0 atom stereocenters. The SMILES string of the molecule is CO.CO.CO.CO.c1ccc(-c2ccccc2)cc1.c1ccc2ccccc2c1.c1ccc2ccccc2c1.c1ccc2ccccc2c1.c1ccccc1.c1ccccc1.c1ccccc1. The van der Waals surface area contributed by atoms with E-state index in [1.54, 1.807) is 0 Å². The number of hydrogen-bond acceptors (Lipinski definition) is 4. The molecular weight excluding hydrogens is 833 g/mol. The van der Waals surface area contributed by atoms with Gasteiger partial charge in [0.05, 0.1) is 0 Å². The van der Waals surface area contributed by atoms with E-state index in [4.69, 9.17) is 20.4 Å². The average molecular weight is 901 g/mol. The fourth-order valence-electron chi connectivity index (χ4n) is 5.81. The molecule has 0 heterocycles. The van der Waals surface area contributed by atoms with Crippen molar-refractivity contribution in [3.63, 3.8) is 0 Å². The van der Waals surface area contributed by atoms with Gasteiger partial charge in [-0.25, -0.2) is 0 Å². The highest BCUT2D eigenvalue weighted by atomic mass is 16.2. The van der Waals surface area contributed by atoms with Gasteiger partial charge in [0.25, 0.3) is 0 Å².